The molecule has 0 radical (unpaired) electrons. The average molecular weight is 416 g/mol. The minimum atomic E-state index is -1.10. The lowest BCUT2D eigenvalue weighted by atomic mass is 10.2. The molecule has 0 bridgehead atoms. The lowest BCUT2D eigenvalue weighted by molar-refractivity contribution is -0.123. The van der Waals surface area contributed by atoms with Gasteiger partial charge in [-0.2, -0.15) is 5.26 Å². The summed E-state index contributed by atoms with van der Waals surface area (Å²) < 4.78 is 9.95. The number of amides is 2. The molecule has 0 aliphatic carbocycles. The van der Waals surface area contributed by atoms with Crippen LogP contribution in [0.25, 0.3) is 0 Å². The maximum absolute atomic E-state index is 12.3. The molecule has 150 valence electrons. The van der Waals surface area contributed by atoms with Crippen LogP contribution in [0.1, 0.15) is 29.8 Å². The van der Waals surface area contributed by atoms with E-state index in [1.54, 1.807) is 19.1 Å². The van der Waals surface area contributed by atoms with Crippen molar-refractivity contribution in [3.8, 4) is 6.07 Å². The van der Waals surface area contributed by atoms with Gasteiger partial charge < -0.3 is 14.8 Å². The molecule has 2 N–H and O–H groups in total. The van der Waals surface area contributed by atoms with Gasteiger partial charge in [0.25, 0.3) is 5.91 Å². The molecule has 2 aromatic rings. The van der Waals surface area contributed by atoms with Crippen LogP contribution < -0.4 is 10.6 Å². The third-order valence-corrected chi connectivity index (χ3v) is 3.94. The van der Waals surface area contributed by atoms with E-state index < -0.39 is 24.1 Å². The smallest absolute Gasteiger partial charge is 0.411 e. The summed E-state index contributed by atoms with van der Waals surface area (Å²) in [6.45, 7) is 3.30. The number of nitrogens with one attached hydrogen (secondary N) is 2. The Morgan fingerprint density at radius 3 is 2.52 bits per heavy atom. The van der Waals surface area contributed by atoms with Crippen LogP contribution in [0.4, 0.5) is 16.2 Å². The van der Waals surface area contributed by atoms with Gasteiger partial charge in [-0.15, -0.1) is 0 Å². The first-order valence-corrected chi connectivity index (χ1v) is 8.97. The zero-order valence-corrected chi connectivity index (χ0v) is 16.4. The molecule has 29 heavy (non-hydrogen) atoms. The molecule has 0 heterocycles. The number of carbonyl (C=O) groups excluding carboxylic acids is 3. The van der Waals surface area contributed by atoms with Gasteiger partial charge in [-0.05, 0) is 50.2 Å². The van der Waals surface area contributed by atoms with Gasteiger partial charge in [0.15, 0.2) is 6.10 Å². The number of esters is 1. The molecule has 0 aliphatic rings. The molecule has 1 unspecified atom stereocenters. The summed E-state index contributed by atoms with van der Waals surface area (Å²) in [7, 11) is 0. The molecule has 2 aromatic carbocycles. The van der Waals surface area contributed by atoms with Crippen LogP contribution in [-0.2, 0) is 14.3 Å². The molecule has 0 aromatic heterocycles. The van der Waals surface area contributed by atoms with E-state index in [-0.39, 0.29) is 22.8 Å². The highest BCUT2D eigenvalue weighted by Gasteiger charge is 2.20. The van der Waals surface area contributed by atoms with E-state index >= 15 is 0 Å². The number of hydrogen-bond donors (Lipinski definition) is 2. The van der Waals surface area contributed by atoms with Crippen LogP contribution in [0.3, 0.4) is 0 Å². The molecule has 9 heteroatoms. The van der Waals surface area contributed by atoms with E-state index in [1.165, 1.54) is 37.3 Å². The highest BCUT2D eigenvalue weighted by molar-refractivity contribution is 6.32. The molecule has 0 saturated heterocycles. The van der Waals surface area contributed by atoms with Gasteiger partial charge >= 0.3 is 12.1 Å². The molecule has 0 saturated carbocycles. The van der Waals surface area contributed by atoms with Crippen LogP contribution in [0.2, 0.25) is 5.02 Å². The summed E-state index contributed by atoms with van der Waals surface area (Å²) in [5, 5.41) is 14.1. The minimum Gasteiger partial charge on any atom is -0.450 e. The molecule has 2 rings (SSSR count). The fourth-order valence-corrected chi connectivity index (χ4v) is 2.44. The number of carbonyl (C=O) groups is 3. The van der Waals surface area contributed by atoms with Crippen molar-refractivity contribution in [3.05, 3.63) is 58.6 Å². The maximum atomic E-state index is 12.3. The van der Waals surface area contributed by atoms with Crippen molar-refractivity contribution in [2.75, 3.05) is 17.2 Å². The summed E-state index contributed by atoms with van der Waals surface area (Å²) in [6, 6.07) is 12.4. The molecule has 1 atom stereocenters. The Morgan fingerprint density at radius 1 is 1.14 bits per heavy atom. The summed E-state index contributed by atoms with van der Waals surface area (Å²) in [4.78, 5) is 36.0. The number of nitriles is 1. The number of hydrogen-bond acceptors (Lipinski definition) is 6. The van der Waals surface area contributed by atoms with Crippen molar-refractivity contribution in [2.24, 2.45) is 0 Å². The average Bonchev–Trinajstić information content (AvgIpc) is 2.68. The van der Waals surface area contributed by atoms with Crippen molar-refractivity contribution in [2.45, 2.75) is 20.0 Å². The van der Waals surface area contributed by atoms with Crippen LogP contribution in [-0.4, -0.2) is 30.7 Å². The van der Waals surface area contributed by atoms with E-state index in [2.05, 4.69) is 10.6 Å². The summed E-state index contributed by atoms with van der Waals surface area (Å²) in [6.07, 6.45) is -1.74. The van der Waals surface area contributed by atoms with Crippen molar-refractivity contribution in [3.63, 3.8) is 0 Å². The quantitative estimate of drug-likeness (QED) is 0.689. The summed E-state index contributed by atoms with van der Waals surface area (Å²) in [5.74, 6) is -1.31. The Bertz CT molecular complexity index is 971. The monoisotopic (exact) mass is 415 g/mol. The van der Waals surface area contributed by atoms with Crippen molar-refractivity contribution >= 4 is 40.9 Å². The van der Waals surface area contributed by atoms with Gasteiger partial charge in [-0.25, -0.2) is 9.59 Å². The Labute approximate surface area is 172 Å². The zero-order valence-electron chi connectivity index (χ0n) is 15.7. The van der Waals surface area contributed by atoms with Crippen molar-refractivity contribution < 1.29 is 23.9 Å². The van der Waals surface area contributed by atoms with Crippen LogP contribution in [0.5, 0.6) is 0 Å². The molecule has 0 aliphatic heterocycles. The van der Waals surface area contributed by atoms with E-state index in [1.807, 2.05) is 6.07 Å². The molecule has 0 spiro atoms. The number of halogens is 1. The number of nitrogens with zero attached hydrogens (tertiary/aromatic N) is 1. The third-order valence-electron chi connectivity index (χ3n) is 3.63. The van der Waals surface area contributed by atoms with Gasteiger partial charge in [0.05, 0.1) is 22.8 Å². The fourth-order valence-electron chi connectivity index (χ4n) is 2.22. The van der Waals surface area contributed by atoms with Gasteiger partial charge in [0.2, 0.25) is 0 Å². The maximum Gasteiger partial charge on any atom is 0.411 e. The highest BCUT2D eigenvalue weighted by atomic mass is 35.5. The predicted octanol–water partition coefficient (Wildman–Crippen LogP) is 3.96. The molecule has 8 nitrogen and oxygen atoms in total. The van der Waals surface area contributed by atoms with E-state index in [0.717, 1.165) is 0 Å². The third kappa shape index (κ3) is 6.23. The predicted molar refractivity (Wildman–Crippen MR) is 107 cm³/mol. The standard InChI is InChI=1S/C20H18ClN3O5/c1-3-28-20(27)24-15-6-4-5-13(9-15)19(26)29-12(2)18(25)23-16-8-7-14(11-22)17(21)10-16/h4-10,12H,3H2,1-2H3,(H,23,25)(H,24,27). The van der Waals surface area contributed by atoms with Crippen molar-refractivity contribution in [1.29, 1.82) is 5.26 Å². The lowest BCUT2D eigenvalue weighted by Crippen LogP contribution is -2.30. The summed E-state index contributed by atoms with van der Waals surface area (Å²) >= 11 is 5.93. The second-order valence-corrected chi connectivity index (χ2v) is 6.18. The second-order valence-electron chi connectivity index (χ2n) is 5.77. The van der Waals surface area contributed by atoms with E-state index in [4.69, 9.17) is 26.3 Å². The fraction of sp³-hybridized carbons (Fsp3) is 0.200. The first-order valence-electron chi connectivity index (χ1n) is 8.59. The SMILES string of the molecule is CCOC(=O)Nc1cccc(C(=O)OC(C)C(=O)Nc2ccc(C#N)c(Cl)c2)c1. The molecular weight excluding hydrogens is 398 g/mol. The lowest BCUT2D eigenvalue weighted by Gasteiger charge is -2.14. The Balaban J connectivity index is 1.99. The van der Waals surface area contributed by atoms with Gasteiger partial charge in [0, 0.05) is 11.4 Å². The van der Waals surface area contributed by atoms with Gasteiger partial charge in [-0.3, -0.25) is 10.1 Å². The van der Waals surface area contributed by atoms with Crippen molar-refractivity contribution in [1.82, 2.24) is 0 Å². The summed E-state index contributed by atoms with van der Waals surface area (Å²) in [5.41, 5.74) is 1.14. The Hall–Kier alpha value is -3.57. The van der Waals surface area contributed by atoms with Crippen LogP contribution >= 0.6 is 11.6 Å². The number of benzene rings is 2. The second kappa shape index (κ2) is 10.1. The largest absolute Gasteiger partial charge is 0.450 e. The first kappa shape index (κ1) is 21.7. The Kier molecular flexibility index (Phi) is 7.57. The van der Waals surface area contributed by atoms with Crippen LogP contribution in [0, 0.1) is 11.3 Å². The van der Waals surface area contributed by atoms with E-state index in [0.29, 0.717) is 11.4 Å². The first-order chi connectivity index (χ1) is 13.8. The molecule has 0 fully saturated rings. The number of anilines is 2. The number of ether oxygens (including phenoxy) is 2. The normalized spacial score (nSPS) is 11.0. The topological polar surface area (TPSA) is 118 Å². The number of rotatable bonds is 6. The highest BCUT2D eigenvalue weighted by Crippen LogP contribution is 2.20. The Morgan fingerprint density at radius 2 is 1.86 bits per heavy atom. The van der Waals surface area contributed by atoms with Gasteiger partial charge in [0.1, 0.15) is 6.07 Å². The van der Waals surface area contributed by atoms with E-state index in [9.17, 15) is 14.4 Å². The molecule has 2 amide bonds. The minimum absolute atomic E-state index is 0.153. The van der Waals surface area contributed by atoms with Crippen LogP contribution in [0.15, 0.2) is 42.5 Å². The van der Waals surface area contributed by atoms with Gasteiger partial charge in [-0.1, -0.05) is 17.7 Å². The molecular formula is C20H18ClN3O5. The zero-order chi connectivity index (χ0) is 21.4.